The third-order valence-corrected chi connectivity index (χ3v) is 3.11. The molecular weight excluding hydrogens is 156 g/mol. The van der Waals surface area contributed by atoms with E-state index in [9.17, 15) is 9.59 Å². The number of carbonyl (C=O) groups is 2. The number of carbonyl (C=O) groups excluding carboxylic acids is 1. The van der Waals surface area contributed by atoms with Gasteiger partial charge < -0.3 is 5.11 Å². The van der Waals surface area contributed by atoms with Gasteiger partial charge in [-0.3, -0.25) is 9.59 Å². The van der Waals surface area contributed by atoms with E-state index in [1.54, 1.807) is 0 Å². The lowest BCUT2D eigenvalue weighted by Crippen LogP contribution is -2.34. The summed E-state index contributed by atoms with van der Waals surface area (Å²) in [6.07, 6.45) is 4.04. The topological polar surface area (TPSA) is 54.4 Å². The van der Waals surface area contributed by atoms with Crippen molar-refractivity contribution in [1.82, 2.24) is 0 Å². The van der Waals surface area contributed by atoms with Gasteiger partial charge in [0.15, 0.2) is 5.78 Å². The quantitative estimate of drug-likeness (QED) is 0.644. The van der Waals surface area contributed by atoms with Crippen molar-refractivity contribution in [2.75, 3.05) is 0 Å². The predicted molar refractivity (Wildman–Crippen MR) is 41.7 cm³/mol. The molecule has 0 atom stereocenters. The zero-order valence-electron chi connectivity index (χ0n) is 6.88. The molecule has 2 aliphatic rings. The first-order valence-corrected chi connectivity index (χ1v) is 4.44. The fraction of sp³-hybridized carbons (Fsp3) is 0.778. The maximum Gasteiger partial charge on any atom is 0.317 e. The second kappa shape index (κ2) is 2.31. The first-order valence-electron chi connectivity index (χ1n) is 4.44. The van der Waals surface area contributed by atoms with E-state index in [4.69, 9.17) is 5.11 Å². The molecule has 2 rings (SSSR count). The van der Waals surface area contributed by atoms with Crippen LogP contribution < -0.4 is 0 Å². The predicted octanol–water partition coefficient (Wildman–Crippen LogP) is 1.22. The Hall–Kier alpha value is -0.860. The van der Waals surface area contributed by atoms with Crippen LogP contribution in [0, 0.1) is 11.3 Å². The zero-order chi connectivity index (χ0) is 8.77. The summed E-state index contributed by atoms with van der Waals surface area (Å²) < 4.78 is 0. The Morgan fingerprint density at radius 1 is 1.25 bits per heavy atom. The molecule has 0 bridgehead atoms. The maximum absolute atomic E-state index is 11.6. The van der Waals surface area contributed by atoms with Crippen LogP contribution >= 0.6 is 0 Å². The minimum Gasteiger partial charge on any atom is -0.480 e. The summed E-state index contributed by atoms with van der Waals surface area (Å²) in [5.74, 6) is -0.829. The Morgan fingerprint density at radius 3 is 2.08 bits per heavy atom. The number of hydrogen-bond donors (Lipinski definition) is 1. The van der Waals surface area contributed by atoms with Gasteiger partial charge in [0.25, 0.3) is 0 Å². The van der Waals surface area contributed by atoms with E-state index in [0.29, 0.717) is 12.8 Å². The standard InChI is InChI=1S/C9H12O3/c10-7(6-2-1-3-6)9(4-5-9)8(11)12/h6H,1-5H2,(H,11,12). The van der Waals surface area contributed by atoms with Crippen LogP contribution in [0.1, 0.15) is 32.1 Å². The molecule has 2 aliphatic carbocycles. The number of aliphatic carboxylic acids is 1. The van der Waals surface area contributed by atoms with Crippen molar-refractivity contribution in [3.63, 3.8) is 0 Å². The molecule has 0 aromatic rings. The number of Topliss-reactive ketones (excluding diaryl/α,β-unsaturated/α-hetero) is 1. The molecule has 0 radical (unpaired) electrons. The van der Waals surface area contributed by atoms with E-state index >= 15 is 0 Å². The van der Waals surface area contributed by atoms with E-state index in [0.717, 1.165) is 19.3 Å². The molecule has 66 valence electrons. The molecule has 12 heavy (non-hydrogen) atoms. The molecule has 0 saturated heterocycles. The van der Waals surface area contributed by atoms with E-state index < -0.39 is 11.4 Å². The number of hydrogen-bond acceptors (Lipinski definition) is 2. The van der Waals surface area contributed by atoms with Gasteiger partial charge in [0.2, 0.25) is 0 Å². The summed E-state index contributed by atoms with van der Waals surface area (Å²) in [6.45, 7) is 0. The Labute approximate surface area is 70.8 Å². The highest BCUT2D eigenvalue weighted by atomic mass is 16.4. The minimum atomic E-state index is -0.939. The van der Waals surface area contributed by atoms with Crippen molar-refractivity contribution in [3.05, 3.63) is 0 Å². The van der Waals surface area contributed by atoms with Crippen LogP contribution in [0.25, 0.3) is 0 Å². The van der Waals surface area contributed by atoms with Crippen molar-refractivity contribution >= 4 is 11.8 Å². The number of rotatable bonds is 3. The Morgan fingerprint density at radius 2 is 1.83 bits per heavy atom. The van der Waals surface area contributed by atoms with E-state index in [1.165, 1.54) is 0 Å². The normalized spacial score (nSPS) is 26.0. The van der Waals surface area contributed by atoms with Crippen molar-refractivity contribution in [1.29, 1.82) is 0 Å². The molecule has 3 nitrogen and oxygen atoms in total. The van der Waals surface area contributed by atoms with Crippen LogP contribution in [-0.4, -0.2) is 16.9 Å². The molecule has 0 aromatic carbocycles. The lowest BCUT2D eigenvalue weighted by atomic mass is 9.76. The van der Waals surface area contributed by atoms with E-state index in [2.05, 4.69) is 0 Å². The van der Waals surface area contributed by atoms with Crippen LogP contribution in [-0.2, 0) is 9.59 Å². The third-order valence-electron chi connectivity index (χ3n) is 3.11. The molecule has 0 heterocycles. The fourth-order valence-electron chi connectivity index (χ4n) is 1.75. The van der Waals surface area contributed by atoms with Gasteiger partial charge >= 0.3 is 5.97 Å². The molecular formula is C9H12O3. The Kier molecular flexibility index (Phi) is 1.50. The highest BCUT2D eigenvalue weighted by Crippen LogP contribution is 2.51. The largest absolute Gasteiger partial charge is 0.480 e. The van der Waals surface area contributed by atoms with Crippen molar-refractivity contribution < 1.29 is 14.7 Å². The number of ketones is 1. The molecule has 2 saturated carbocycles. The minimum absolute atomic E-state index is 0.00116. The molecule has 0 aliphatic heterocycles. The highest BCUT2D eigenvalue weighted by Gasteiger charge is 2.58. The van der Waals surface area contributed by atoms with Crippen molar-refractivity contribution in [2.24, 2.45) is 11.3 Å². The lowest BCUT2D eigenvalue weighted by molar-refractivity contribution is -0.150. The summed E-state index contributed by atoms with van der Waals surface area (Å²) in [4.78, 5) is 22.3. The smallest absolute Gasteiger partial charge is 0.317 e. The van der Waals surface area contributed by atoms with Crippen LogP contribution in [0.2, 0.25) is 0 Å². The zero-order valence-corrected chi connectivity index (χ0v) is 6.88. The molecule has 0 spiro atoms. The van der Waals surface area contributed by atoms with Gasteiger partial charge in [-0.15, -0.1) is 0 Å². The third kappa shape index (κ3) is 0.886. The van der Waals surface area contributed by atoms with Crippen LogP contribution in [0.4, 0.5) is 0 Å². The van der Waals surface area contributed by atoms with Gasteiger partial charge in [-0.05, 0) is 25.7 Å². The molecule has 0 amide bonds. The average Bonchev–Trinajstić information content (AvgIpc) is 2.60. The van der Waals surface area contributed by atoms with Gasteiger partial charge in [-0.1, -0.05) is 6.42 Å². The molecule has 2 fully saturated rings. The van der Waals surface area contributed by atoms with Crippen LogP contribution in [0.5, 0.6) is 0 Å². The Bertz CT molecular complexity index is 236. The van der Waals surface area contributed by atoms with Crippen molar-refractivity contribution in [3.8, 4) is 0 Å². The first-order chi connectivity index (χ1) is 5.67. The van der Waals surface area contributed by atoms with Gasteiger partial charge in [0.05, 0.1) is 0 Å². The van der Waals surface area contributed by atoms with E-state index in [-0.39, 0.29) is 11.7 Å². The Balaban J connectivity index is 2.07. The molecule has 0 aromatic heterocycles. The fourth-order valence-corrected chi connectivity index (χ4v) is 1.75. The molecule has 1 N–H and O–H groups in total. The van der Waals surface area contributed by atoms with Gasteiger partial charge in [-0.25, -0.2) is 0 Å². The summed E-state index contributed by atoms with van der Waals surface area (Å²) in [5.41, 5.74) is -0.939. The summed E-state index contributed by atoms with van der Waals surface area (Å²) in [7, 11) is 0. The van der Waals surface area contributed by atoms with E-state index in [1.807, 2.05) is 0 Å². The summed E-state index contributed by atoms with van der Waals surface area (Å²) >= 11 is 0. The van der Waals surface area contributed by atoms with Crippen molar-refractivity contribution in [2.45, 2.75) is 32.1 Å². The SMILES string of the molecule is O=C(O)C1(C(=O)C2CCC2)CC1. The van der Waals surface area contributed by atoms with Gasteiger partial charge in [0, 0.05) is 5.92 Å². The summed E-state index contributed by atoms with van der Waals surface area (Å²) in [6, 6.07) is 0. The van der Waals surface area contributed by atoms with Gasteiger partial charge in [0.1, 0.15) is 5.41 Å². The monoisotopic (exact) mass is 168 g/mol. The average molecular weight is 168 g/mol. The number of carboxylic acid groups (broad SMARTS) is 1. The van der Waals surface area contributed by atoms with Gasteiger partial charge in [-0.2, -0.15) is 0 Å². The summed E-state index contributed by atoms with van der Waals surface area (Å²) in [5, 5.41) is 8.82. The molecule has 0 unspecified atom stereocenters. The lowest BCUT2D eigenvalue weighted by Gasteiger charge is -2.26. The van der Waals surface area contributed by atoms with Crippen LogP contribution in [0.15, 0.2) is 0 Å². The maximum atomic E-state index is 11.6. The second-order valence-electron chi connectivity index (χ2n) is 3.88. The first kappa shape index (κ1) is 7.77. The molecule has 3 heteroatoms. The number of carboxylic acids is 1. The van der Waals surface area contributed by atoms with Crippen LogP contribution in [0.3, 0.4) is 0 Å². The highest BCUT2D eigenvalue weighted by molar-refractivity contribution is 6.07. The second-order valence-corrected chi connectivity index (χ2v) is 3.88.